The van der Waals surface area contributed by atoms with E-state index in [1.807, 2.05) is 43.5 Å². The molecule has 178 valence electrons. The van der Waals surface area contributed by atoms with Gasteiger partial charge in [0.25, 0.3) is 0 Å². The third kappa shape index (κ3) is 6.57. The lowest BCUT2D eigenvalue weighted by molar-refractivity contribution is -0.143. The van der Waals surface area contributed by atoms with E-state index in [-0.39, 0.29) is 12.3 Å². The van der Waals surface area contributed by atoms with Crippen LogP contribution in [0.15, 0.2) is 35.8 Å². The van der Waals surface area contributed by atoms with E-state index in [9.17, 15) is 19.5 Å². The van der Waals surface area contributed by atoms with E-state index >= 15 is 0 Å². The molecule has 2 amide bonds. The third-order valence-corrected chi connectivity index (χ3v) is 7.23. The monoisotopic (exact) mass is 489 g/mol. The first-order valence-electron chi connectivity index (χ1n) is 11.2. The van der Waals surface area contributed by atoms with Crippen LogP contribution in [0.5, 0.6) is 0 Å². The molecule has 1 aliphatic rings. The molecular formula is C24H31N3O4S2. The largest absolute Gasteiger partial charge is 0.480 e. The smallest absolute Gasteiger partial charge is 0.326 e. The van der Waals surface area contributed by atoms with Crippen LogP contribution in [0.25, 0.3) is 10.6 Å². The molecule has 2 aromatic heterocycles. The van der Waals surface area contributed by atoms with Crippen LogP contribution in [0, 0.1) is 5.92 Å². The zero-order valence-electron chi connectivity index (χ0n) is 18.9. The lowest BCUT2D eigenvalue weighted by atomic mass is 9.94. The van der Waals surface area contributed by atoms with Crippen LogP contribution in [-0.4, -0.2) is 44.7 Å². The molecule has 0 bridgehead atoms. The van der Waals surface area contributed by atoms with Crippen molar-refractivity contribution in [3.05, 3.63) is 41.4 Å². The molecule has 9 heteroatoms. The maximum Gasteiger partial charge on any atom is 0.326 e. The average molecular weight is 490 g/mol. The minimum absolute atomic E-state index is 0.103. The molecule has 0 aromatic carbocycles. The predicted octanol–water partition coefficient (Wildman–Crippen LogP) is 3.70. The first-order valence-corrected chi connectivity index (χ1v) is 12.6. The summed E-state index contributed by atoms with van der Waals surface area (Å²) in [5.41, 5.74) is 0.434. The van der Waals surface area contributed by atoms with Gasteiger partial charge < -0.3 is 15.7 Å². The Morgan fingerprint density at radius 2 is 1.94 bits per heavy atom. The van der Waals surface area contributed by atoms with Gasteiger partial charge in [0.05, 0.1) is 15.8 Å². The molecule has 0 unspecified atom stereocenters. The number of nitrogens with zero attached hydrogens (tertiary/aromatic N) is 1. The predicted molar refractivity (Wildman–Crippen MR) is 132 cm³/mol. The number of carboxylic acid groups (broad SMARTS) is 1. The topological polar surface area (TPSA) is 108 Å². The molecular weight excluding hydrogens is 458 g/mol. The zero-order chi connectivity index (χ0) is 24.0. The van der Waals surface area contributed by atoms with Gasteiger partial charge in [0.2, 0.25) is 11.8 Å². The highest BCUT2D eigenvalue weighted by atomic mass is 32.1. The molecule has 0 aliphatic heterocycles. The maximum absolute atomic E-state index is 13.2. The summed E-state index contributed by atoms with van der Waals surface area (Å²) in [5, 5.41) is 16.8. The average Bonchev–Trinajstić information content (AvgIpc) is 3.46. The maximum atomic E-state index is 13.2. The van der Waals surface area contributed by atoms with E-state index in [0.717, 1.165) is 23.4 Å². The highest BCUT2D eigenvalue weighted by Crippen LogP contribution is 2.31. The van der Waals surface area contributed by atoms with Gasteiger partial charge in [0.15, 0.2) is 0 Å². The first kappa shape index (κ1) is 25.2. The number of nitrogens with one attached hydrogen (secondary N) is 2. The Morgan fingerprint density at radius 3 is 2.48 bits per heavy atom. The molecule has 2 atom stereocenters. The second-order valence-electron chi connectivity index (χ2n) is 9.02. The number of carbonyl (C=O) groups excluding carboxylic acids is 2. The van der Waals surface area contributed by atoms with Gasteiger partial charge in [-0.1, -0.05) is 38.8 Å². The SMILES string of the molecule is CC(C)C[C@H](S)C(=O)NC1(C(=O)N[C@@H](Cc2ccc(-c3cccs3)nc2)C(=O)O)CCCC1. The van der Waals surface area contributed by atoms with Crippen molar-refractivity contribution in [3.63, 3.8) is 0 Å². The Morgan fingerprint density at radius 1 is 1.21 bits per heavy atom. The molecule has 1 fully saturated rings. The van der Waals surface area contributed by atoms with Gasteiger partial charge in [-0.3, -0.25) is 14.6 Å². The summed E-state index contributed by atoms with van der Waals surface area (Å²) < 4.78 is 0. The fourth-order valence-corrected chi connectivity index (χ4v) is 5.30. The van der Waals surface area contributed by atoms with Crippen molar-refractivity contribution in [1.29, 1.82) is 0 Å². The summed E-state index contributed by atoms with van der Waals surface area (Å²) in [5.74, 6) is -1.57. The Labute approximate surface area is 203 Å². The van der Waals surface area contributed by atoms with Crippen molar-refractivity contribution in [3.8, 4) is 10.6 Å². The van der Waals surface area contributed by atoms with E-state index in [1.54, 1.807) is 17.5 Å². The van der Waals surface area contributed by atoms with Crippen LogP contribution >= 0.6 is 24.0 Å². The number of aromatic nitrogens is 1. The molecule has 0 spiro atoms. The zero-order valence-corrected chi connectivity index (χ0v) is 20.6. The highest BCUT2D eigenvalue weighted by molar-refractivity contribution is 7.81. The van der Waals surface area contributed by atoms with E-state index in [1.165, 1.54) is 0 Å². The normalized spacial score (nSPS) is 16.8. The third-order valence-electron chi connectivity index (χ3n) is 5.89. The Balaban J connectivity index is 1.68. The first-order chi connectivity index (χ1) is 15.7. The van der Waals surface area contributed by atoms with Gasteiger partial charge in [0.1, 0.15) is 11.6 Å². The molecule has 2 heterocycles. The van der Waals surface area contributed by atoms with Crippen LogP contribution in [-0.2, 0) is 20.8 Å². The summed E-state index contributed by atoms with van der Waals surface area (Å²) in [6, 6.07) is 6.47. The van der Waals surface area contributed by atoms with Crippen LogP contribution in [0.3, 0.4) is 0 Å². The van der Waals surface area contributed by atoms with Crippen molar-refractivity contribution < 1.29 is 19.5 Å². The summed E-state index contributed by atoms with van der Waals surface area (Å²) in [6.07, 6.45) is 4.89. The fourth-order valence-electron chi connectivity index (χ4n) is 4.11. The highest BCUT2D eigenvalue weighted by Gasteiger charge is 2.44. The van der Waals surface area contributed by atoms with E-state index < -0.39 is 28.7 Å². The molecule has 0 saturated heterocycles. The number of hydrogen-bond acceptors (Lipinski definition) is 6. The number of pyridine rings is 1. The van der Waals surface area contributed by atoms with Gasteiger partial charge >= 0.3 is 5.97 Å². The molecule has 1 saturated carbocycles. The Hall–Kier alpha value is -2.39. The van der Waals surface area contributed by atoms with Crippen molar-refractivity contribution >= 4 is 41.7 Å². The summed E-state index contributed by atoms with van der Waals surface area (Å²) in [6.45, 7) is 4.02. The molecule has 1 aliphatic carbocycles. The molecule has 7 nitrogen and oxygen atoms in total. The van der Waals surface area contributed by atoms with Gasteiger partial charge in [-0.2, -0.15) is 12.6 Å². The van der Waals surface area contributed by atoms with Crippen LogP contribution in [0.4, 0.5) is 0 Å². The summed E-state index contributed by atoms with van der Waals surface area (Å²) in [4.78, 5) is 43.3. The fraction of sp³-hybridized carbons (Fsp3) is 0.500. The number of thiophene rings is 1. The molecule has 33 heavy (non-hydrogen) atoms. The number of rotatable bonds is 10. The lowest BCUT2D eigenvalue weighted by Crippen LogP contribution is -2.61. The van der Waals surface area contributed by atoms with Crippen LogP contribution in [0.2, 0.25) is 0 Å². The minimum atomic E-state index is -1.13. The van der Waals surface area contributed by atoms with Gasteiger partial charge in [-0.05, 0) is 48.3 Å². The number of thiol groups is 1. The van der Waals surface area contributed by atoms with Crippen LogP contribution < -0.4 is 10.6 Å². The molecule has 3 rings (SSSR count). The molecule has 3 N–H and O–H groups in total. The van der Waals surface area contributed by atoms with Gasteiger partial charge in [-0.15, -0.1) is 11.3 Å². The van der Waals surface area contributed by atoms with Gasteiger partial charge in [-0.25, -0.2) is 4.79 Å². The number of carboxylic acids is 1. The lowest BCUT2D eigenvalue weighted by Gasteiger charge is -2.31. The second-order valence-corrected chi connectivity index (χ2v) is 10.6. The van der Waals surface area contributed by atoms with Crippen molar-refractivity contribution in [2.24, 2.45) is 5.92 Å². The van der Waals surface area contributed by atoms with Gasteiger partial charge in [0, 0.05) is 12.6 Å². The number of carbonyl (C=O) groups is 3. The second kappa shape index (κ2) is 11.2. The van der Waals surface area contributed by atoms with E-state index in [4.69, 9.17) is 0 Å². The van der Waals surface area contributed by atoms with Crippen molar-refractivity contribution in [2.45, 2.75) is 69.2 Å². The molecule has 0 radical (unpaired) electrons. The Kier molecular flexibility index (Phi) is 8.53. The standard InChI is InChI=1S/C24H31N3O4S2/c1-15(2)12-19(32)21(28)27-24(9-3-4-10-24)23(31)26-18(22(29)30)13-16-7-8-17(25-14-16)20-6-5-11-33-20/h5-8,11,14-15,18-19,32H,3-4,9-10,12-13H2,1-2H3,(H,26,31)(H,27,28)(H,29,30)/t18-,19-/m0/s1. The summed E-state index contributed by atoms with van der Waals surface area (Å²) in [7, 11) is 0. The number of hydrogen-bond donors (Lipinski definition) is 4. The van der Waals surface area contributed by atoms with Crippen molar-refractivity contribution in [2.75, 3.05) is 0 Å². The van der Waals surface area contributed by atoms with Crippen LogP contribution in [0.1, 0.15) is 51.5 Å². The summed E-state index contributed by atoms with van der Waals surface area (Å²) >= 11 is 5.98. The number of amides is 2. The van der Waals surface area contributed by atoms with E-state index in [0.29, 0.717) is 30.7 Å². The quantitative estimate of drug-likeness (QED) is 0.381. The Bertz CT molecular complexity index is 955. The van der Waals surface area contributed by atoms with Crippen molar-refractivity contribution in [1.82, 2.24) is 15.6 Å². The molecule has 2 aromatic rings. The minimum Gasteiger partial charge on any atom is -0.480 e. The number of aliphatic carboxylic acids is 1. The van der Waals surface area contributed by atoms with E-state index in [2.05, 4.69) is 28.2 Å².